The van der Waals surface area contributed by atoms with E-state index in [9.17, 15) is 34.8 Å². The van der Waals surface area contributed by atoms with Crippen LogP contribution in [0, 0.1) is 0 Å². The molecule has 0 spiro atoms. The van der Waals surface area contributed by atoms with E-state index in [1.54, 1.807) is 69.1 Å². The summed E-state index contributed by atoms with van der Waals surface area (Å²) >= 11 is 6.35. The second-order valence-corrected chi connectivity index (χ2v) is 24.6. The molecule has 27 heteroatoms. The number of sulfonamides is 2. The molecule has 0 atom stereocenters. The number of likely N-dealkylation sites (N-methyl/N-ethyl adjacent to an activating group) is 1. The number of nitrogen functional groups attached to an aromatic ring is 1. The Hall–Kier alpha value is -5.00. The molecule has 5 aromatic heterocycles. The van der Waals surface area contributed by atoms with Crippen LogP contribution in [0.15, 0.2) is 97.1 Å². The fraction of sp³-hybridized carbons (Fsp3) is 0.357. The highest BCUT2D eigenvalue weighted by molar-refractivity contribution is 9.10. The van der Waals surface area contributed by atoms with E-state index >= 15 is 0 Å². The Bertz CT molecular complexity index is 3070. The summed E-state index contributed by atoms with van der Waals surface area (Å²) in [5, 5.41) is 8.19. The van der Waals surface area contributed by atoms with E-state index in [0.29, 0.717) is 61.1 Å². The summed E-state index contributed by atoms with van der Waals surface area (Å²) in [6.07, 6.45) is 8.52. The number of carbonyl (C=O) groups excluding carboxylic acids is 2. The van der Waals surface area contributed by atoms with Crippen LogP contribution < -0.4 is 27.1 Å². The van der Waals surface area contributed by atoms with Crippen LogP contribution in [0.2, 0.25) is 0 Å². The maximum Gasteiger partial charge on any atom is 0.495 e. The summed E-state index contributed by atoms with van der Waals surface area (Å²) in [5.41, 5.74) is 7.52. The van der Waals surface area contributed by atoms with Crippen molar-refractivity contribution in [1.82, 2.24) is 33.5 Å². The molecule has 3 aliphatic rings. The van der Waals surface area contributed by atoms with Gasteiger partial charge in [-0.1, -0.05) is 6.92 Å². The van der Waals surface area contributed by atoms with Gasteiger partial charge >= 0.3 is 7.12 Å². The van der Waals surface area contributed by atoms with E-state index in [1.807, 2.05) is 33.8 Å². The standard InChI is InChI=1S/C14H15N5O3S.C13H19BN2O3.C8H9BrN2O2S.C7H9BrN2O2S/c1-9(20)18-13-6-10(3-4-15-13)11-5-12-14(16-7-11)17-8-19(2)23(12,21)22;1-9(17)16-11-8-10(6-7-15-11)14-18-12(2,3)13(4,5)19-14;1-11-3-2-7-8(14(11,12)13)4-6(9)5-10-7;1-2-13(11,12)6-3-5(8)4-10-7(6)9/h3-7H,8H2,1-2H3,(H,16,17)(H,15,18,20);6-8H,1-5H3,(H,15,16,17);4-5H,2-3H2,1H3;3-4H,2H2,1H3,(H2,9,10). The first-order valence-electron chi connectivity index (χ1n) is 20.9. The lowest BCUT2D eigenvalue weighted by atomic mass is 9.80. The molecule has 0 unspecified atom stereocenters. The Labute approximate surface area is 419 Å². The highest BCUT2D eigenvalue weighted by atomic mass is 79.9. The van der Waals surface area contributed by atoms with E-state index in [2.05, 4.69) is 72.7 Å². The van der Waals surface area contributed by atoms with Gasteiger partial charge in [0.05, 0.1) is 29.3 Å². The van der Waals surface area contributed by atoms with Gasteiger partial charge in [0.25, 0.3) is 0 Å². The maximum atomic E-state index is 12.4. The summed E-state index contributed by atoms with van der Waals surface area (Å²) in [6, 6.07) is 11.6. The molecule has 5 N–H and O–H groups in total. The van der Waals surface area contributed by atoms with Crippen LogP contribution in [-0.4, -0.2) is 122 Å². The molecule has 2 amide bonds. The van der Waals surface area contributed by atoms with Gasteiger partial charge in [0.2, 0.25) is 31.9 Å². The van der Waals surface area contributed by atoms with Crippen molar-refractivity contribution in [1.29, 1.82) is 0 Å². The first-order valence-corrected chi connectivity index (χ1v) is 27.0. The summed E-state index contributed by atoms with van der Waals surface area (Å²) in [4.78, 5) is 42.8. The molecule has 5 aromatic rings. The average Bonchev–Trinajstić information content (AvgIpc) is 3.50. The number of fused-ring (bicyclic) bond motifs is 2. The molecule has 21 nitrogen and oxygen atoms in total. The van der Waals surface area contributed by atoms with Gasteiger partial charge < -0.3 is 31.0 Å². The fourth-order valence-electron chi connectivity index (χ4n) is 6.30. The predicted molar refractivity (Wildman–Crippen MR) is 269 cm³/mol. The van der Waals surface area contributed by atoms with Crippen LogP contribution in [0.5, 0.6) is 0 Å². The van der Waals surface area contributed by atoms with Crippen molar-refractivity contribution in [2.75, 3.05) is 54.7 Å². The topological polar surface area (TPSA) is 288 Å². The number of anilines is 4. The molecule has 8 heterocycles. The molecule has 0 aromatic carbocycles. The van der Waals surface area contributed by atoms with Gasteiger partial charge in [0.1, 0.15) is 38.0 Å². The Morgan fingerprint density at radius 1 is 0.783 bits per heavy atom. The number of hydrogen-bond donors (Lipinski definition) is 4. The number of rotatable bonds is 6. The number of carbonyl (C=O) groups is 2. The Balaban J connectivity index is 0.000000176. The van der Waals surface area contributed by atoms with Gasteiger partial charge in [0.15, 0.2) is 9.84 Å². The predicted octanol–water partition coefficient (Wildman–Crippen LogP) is 4.69. The molecule has 69 heavy (non-hydrogen) atoms. The zero-order chi connectivity index (χ0) is 51.3. The number of amides is 2. The lowest BCUT2D eigenvalue weighted by Gasteiger charge is -2.32. The molecule has 0 aliphatic carbocycles. The Morgan fingerprint density at radius 2 is 1.35 bits per heavy atom. The van der Waals surface area contributed by atoms with Crippen molar-refractivity contribution in [3.05, 3.63) is 88.1 Å². The zero-order valence-electron chi connectivity index (χ0n) is 39.1. The smallest absolute Gasteiger partial charge is 0.399 e. The summed E-state index contributed by atoms with van der Waals surface area (Å²) in [7, 11) is -7.49. The van der Waals surface area contributed by atoms with Crippen molar-refractivity contribution in [2.45, 2.75) is 80.8 Å². The minimum absolute atomic E-state index is 0.0231. The molecular weight excluding hydrogens is 1090 g/mol. The monoisotopic (exact) mass is 1140 g/mol. The van der Waals surface area contributed by atoms with Crippen LogP contribution in [0.4, 0.5) is 23.3 Å². The van der Waals surface area contributed by atoms with Gasteiger partial charge in [-0.05, 0) is 113 Å². The molecule has 1 saturated heterocycles. The van der Waals surface area contributed by atoms with Crippen LogP contribution in [0.1, 0.15) is 54.2 Å². The van der Waals surface area contributed by atoms with E-state index in [0.717, 1.165) is 5.46 Å². The third kappa shape index (κ3) is 13.5. The number of nitrogens with two attached hydrogens (primary N) is 1. The number of nitrogens with one attached hydrogen (secondary N) is 3. The minimum atomic E-state index is -3.56. The zero-order valence-corrected chi connectivity index (χ0v) is 44.7. The number of sulfone groups is 1. The molecule has 8 rings (SSSR count). The van der Waals surface area contributed by atoms with Crippen LogP contribution >= 0.6 is 31.9 Å². The van der Waals surface area contributed by atoms with E-state index in [-0.39, 0.29) is 51.0 Å². The third-order valence-electron chi connectivity index (χ3n) is 10.8. The Morgan fingerprint density at radius 3 is 1.96 bits per heavy atom. The normalized spacial score (nSPS) is 17.3. The number of pyridine rings is 5. The molecule has 0 bridgehead atoms. The number of nitrogens with zero attached hydrogens (tertiary/aromatic N) is 7. The molecule has 0 radical (unpaired) electrons. The molecule has 1 fully saturated rings. The van der Waals surface area contributed by atoms with Gasteiger partial charge in [-0.3, -0.25) is 14.6 Å². The summed E-state index contributed by atoms with van der Waals surface area (Å²) < 4.78 is 87.0. The molecule has 3 aliphatic heterocycles. The van der Waals surface area contributed by atoms with E-state index in [1.165, 1.54) is 41.8 Å². The third-order valence-corrected chi connectivity index (χ3v) is 17.2. The van der Waals surface area contributed by atoms with Crippen molar-refractivity contribution < 1.29 is 44.2 Å². The van der Waals surface area contributed by atoms with Crippen molar-refractivity contribution in [3.63, 3.8) is 0 Å². The Kier molecular flexibility index (Phi) is 17.5. The highest BCUT2D eigenvalue weighted by Crippen LogP contribution is 2.37. The molecule has 370 valence electrons. The fourth-order valence-corrected chi connectivity index (χ4v) is 10.9. The summed E-state index contributed by atoms with van der Waals surface area (Å²) in [6.45, 7) is 13.1. The minimum Gasteiger partial charge on any atom is -0.399 e. The lowest BCUT2D eigenvalue weighted by Crippen LogP contribution is -2.41. The number of aromatic nitrogens is 5. The van der Waals surface area contributed by atoms with E-state index in [4.69, 9.17) is 15.0 Å². The second-order valence-electron chi connectivity index (χ2n) is 16.5. The van der Waals surface area contributed by atoms with Gasteiger partial charge in [0, 0.05) is 86.4 Å². The van der Waals surface area contributed by atoms with Crippen LogP contribution in [0.3, 0.4) is 0 Å². The van der Waals surface area contributed by atoms with Crippen molar-refractivity contribution in [2.24, 2.45) is 0 Å². The quantitative estimate of drug-likeness (QED) is 0.168. The SMILES string of the molecule is CC(=O)Nc1cc(-c2cnc3c(c2)S(=O)(=O)N(C)CN3)ccn1.CC(=O)Nc1cc(B2OC(C)(C)C(C)(C)O2)ccn1.CCS(=O)(=O)c1cc(Br)cnc1N.CN1CCc2ncc(Br)cc2S1(=O)=O. The van der Waals surface area contributed by atoms with Gasteiger partial charge in [-0.2, -0.15) is 4.31 Å². The summed E-state index contributed by atoms with van der Waals surface area (Å²) in [5.74, 6) is 0.916. The largest absolute Gasteiger partial charge is 0.495 e. The number of hydrogen-bond acceptors (Lipinski definition) is 17. The van der Waals surface area contributed by atoms with Gasteiger partial charge in [-0.25, -0.2) is 49.5 Å². The first kappa shape index (κ1) is 54.9. The van der Waals surface area contributed by atoms with E-state index < -0.39 is 37.0 Å². The van der Waals surface area contributed by atoms with Gasteiger partial charge in [-0.15, -0.1) is 0 Å². The maximum absolute atomic E-state index is 12.4. The van der Waals surface area contributed by atoms with Crippen LogP contribution in [-0.2, 0) is 55.2 Å². The van der Waals surface area contributed by atoms with Crippen molar-refractivity contribution >= 4 is 109 Å². The number of halogens is 2. The highest BCUT2D eigenvalue weighted by Gasteiger charge is 2.51. The second kappa shape index (κ2) is 22.0. The molecule has 0 saturated carbocycles. The molecular formula is C42H52BBr2N11O10S3. The lowest BCUT2D eigenvalue weighted by molar-refractivity contribution is -0.115. The van der Waals surface area contributed by atoms with Crippen LogP contribution in [0.25, 0.3) is 11.1 Å². The first-order chi connectivity index (χ1) is 32.1. The average molecular weight is 1140 g/mol. The van der Waals surface area contributed by atoms with Crippen molar-refractivity contribution in [3.8, 4) is 11.1 Å².